The highest BCUT2D eigenvalue weighted by Crippen LogP contribution is 2.15. The molecule has 0 saturated heterocycles. The van der Waals surface area contributed by atoms with Crippen LogP contribution in [0.4, 0.5) is 10.5 Å². The third kappa shape index (κ3) is 2.63. The highest BCUT2D eigenvalue weighted by Gasteiger charge is 2.03. The van der Waals surface area contributed by atoms with Crippen molar-refractivity contribution in [3.05, 3.63) is 52.8 Å². The normalized spacial score (nSPS) is 9.88. The Morgan fingerprint density at radius 1 is 1.12 bits per heavy atom. The Labute approximate surface area is 99.1 Å². The number of H-pyrrole nitrogens is 1. The number of carbonyl (C=O) groups excluding carboxylic acids is 1. The van der Waals surface area contributed by atoms with Gasteiger partial charge in [0.05, 0.1) is 0 Å². The van der Waals surface area contributed by atoms with Gasteiger partial charge in [-0.3, -0.25) is 9.59 Å². The molecule has 17 heavy (non-hydrogen) atoms. The van der Waals surface area contributed by atoms with Gasteiger partial charge < -0.3 is 10.3 Å². The summed E-state index contributed by atoms with van der Waals surface area (Å²) in [5.74, 6) is -0.761. The topological polar surface area (TPSA) is 62.0 Å². The molecular weight excluding hydrogens is 215 g/mol. The van der Waals surface area contributed by atoms with Crippen molar-refractivity contribution >= 4 is 19.3 Å². The largest absolute Gasteiger partial charge is 0.332 e. The number of pyridine rings is 1. The fourth-order valence-corrected chi connectivity index (χ4v) is 1.49. The highest BCUT2D eigenvalue weighted by atomic mass is 16.1. The summed E-state index contributed by atoms with van der Waals surface area (Å²) in [6.45, 7) is 0. The summed E-state index contributed by atoms with van der Waals surface area (Å²) in [5, 5.41) is 2.25. The van der Waals surface area contributed by atoms with Crippen molar-refractivity contribution < 1.29 is 4.79 Å². The predicted octanol–water partition coefficient (Wildman–Crippen LogP) is 1.74. The Kier molecular flexibility index (Phi) is 3.09. The van der Waals surface area contributed by atoms with E-state index < -0.39 is 5.81 Å². The average molecular weight is 224 g/mol. The van der Waals surface area contributed by atoms with Gasteiger partial charge in [0.25, 0.3) is 5.56 Å². The monoisotopic (exact) mass is 224 g/mol. The third-order valence-corrected chi connectivity index (χ3v) is 2.25. The SMILES string of the molecule is [B]C(=O)Nc1ccc(-c2ccccc2)[nH]c1=O. The Morgan fingerprint density at radius 3 is 2.41 bits per heavy atom. The molecule has 5 heteroatoms. The van der Waals surface area contributed by atoms with E-state index in [1.807, 2.05) is 30.3 Å². The lowest BCUT2D eigenvalue weighted by Gasteiger charge is -2.04. The fraction of sp³-hybridized carbons (Fsp3) is 0. The molecule has 2 radical (unpaired) electrons. The number of benzene rings is 1. The molecule has 0 bridgehead atoms. The summed E-state index contributed by atoms with van der Waals surface area (Å²) in [6.07, 6.45) is 0. The molecule has 2 aromatic rings. The van der Waals surface area contributed by atoms with E-state index in [1.165, 1.54) is 6.07 Å². The minimum Gasteiger partial charge on any atom is -0.332 e. The minimum absolute atomic E-state index is 0.136. The quantitative estimate of drug-likeness (QED) is 0.763. The van der Waals surface area contributed by atoms with E-state index >= 15 is 0 Å². The molecule has 4 nitrogen and oxygen atoms in total. The third-order valence-electron chi connectivity index (χ3n) is 2.25. The number of anilines is 1. The molecule has 82 valence electrons. The molecule has 0 saturated carbocycles. The number of hydrogen-bond acceptors (Lipinski definition) is 2. The number of amides is 1. The molecule has 1 amide bonds. The van der Waals surface area contributed by atoms with E-state index in [0.717, 1.165) is 5.56 Å². The van der Waals surface area contributed by atoms with E-state index in [-0.39, 0.29) is 11.2 Å². The molecule has 1 heterocycles. The number of hydrogen-bond donors (Lipinski definition) is 2. The Morgan fingerprint density at radius 2 is 1.82 bits per heavy atom. The number of aromatic amines is 1. The zero-order valence-corrected chi connectivity index (χ0v) is 8.94. The van der Waals surface area contributed by atoms with Gasteiger partial charge in [0.15, 0.2) is 5.81 Å². The zero-order chi connectivity index (χ0) is 12.3. The van der Waals surface area contributed by atoms with Crippen LogP contribution >= 0.6 is 0 Å². The predicted molar refractivity (Wildman–Crippen MR) is 67.3 cm³/mol. The van der Waals surface area contributed by atoms with Gasteiger partial charge in [0.2, 0.25) is 7.85 Å². The summed E-state index contributed by atoms with van der Waals surface area (Å²) in [4.78, 5) is 24.9. The summed E-state index contributed by atoms with van der Waals surface area (Å²) in [6, 6.07) is 12.6. The van der Waals surface area contributed by atoms with Gasteiger partial charge in [-0.2, -0.15) is 0 Å². The number of aromatic nitrogens is 1. The second-order valence-corrected chi connectivity index (χ2v) is 3.47. The van der Waals surface area contributed by atoms with Crippen LogP contribution in [0.25, 0.3) is 11.3 Å². The van der Waals surface area contributed by atoms with Crippen molar-refractivity contribution in [3.63, 3.8) is 0 Å². The van der Waals surface area contributed by atoms with Gasteiger partial charge in [0.1, 0.15) is 5.69 Å². The van der Waals surface area contributed by atoms with Crippen molar-refractivity contribution in [3.8, 4) is 11.3 Å². The maximum atomic E-state index is 11.6. The first-order valence-corrected chi connectivity index (χ1v) is 5.02. The van der Waals surface area contributed by atoms with E-state index in [2.05, 4.69) is 10.3 Å². The molecular formula is C12H9BN2O2. The van der Waals surface area contributed by atoms with Gasteiger partial charge in [0, 0.05) is 5.69 Å². The van der Waals surface area contributed by atoms with Crippen LogP contribution in [-0.2, 0) is 0 Å². The van der Waals surface area contributed by atoms with E-state index in [0.29, 0.717) is 5.69 Å². The van der Waals surface area contributed by atoms with Crippen LogP contribution in [0, 0.1) is 0 Å². The molecule has 1 aromatic carbocycles. The molecule has 0 spiro atoms. The molecule has 0 unspecified atom stereocenters. The fourth-order valence-electron chi connectivity index (χ4n) is 1.49. The van der Waals surface area contributed by atoms with Crippen LogP contribution in [0.3, 0.4) is 0 Å². The molecule has 1 aromatic heterocycles. The first kappa shape index (κ1) is 11.2. The standard InChI is InChI=1S/C12H9BN2O2/c13-12(17)15-10-7-6-9(14-11(10)16)8-4-2-1-3-5-8/h1-7H,(H,14,16)(H,15,17). The van der Waals surface area contributed by atoms with Crippen LogP contribution in [-0.4, -0.2) is 18.6 Å². The minimum atomic E-state index is -0.761. The van der Waals surface area contributed by atoms with Crippen molar-refractivity contribution in [2.45, 2.75) is 0 Å². The molecule has 2 rings (SSSR count). The summed E-state index contributed by atoms with van der Waals surface area (Å²) in [5.41, 5.74) is 1.34. The lowest BCUT2D eigenvalue weighted by atomic mass is 10.1. The molecule has 0 aliphatic carbocycles. The van der Waals surface area contributed by atoms with Crippen molar-refractivity contribution in [2.24, 2.45) is 0 Å². The van der Waals surface area contributed by atoms with Crippen molar-refractivity contribution in [1.29, 1.82) is 0 Å². The zero-order valence-electron chi connectivity index (χ0n) is 8.94. The smallest absolute Gasteiger partial charge is 0.272 e. The Balaban J connectivity index is 2.38. The average Bonchev–Trinajstić information content (AvgIpc) is 2.32. The van der Waals surface area contributed by atoms with Crippen LogP contribution in [0.2, 0.25) is 0 Å². The van der Waals surface area contributed by atoms with Gasteiger partial charge in [-0.05, 0) is 17.7 Å². The molecule has 0 aliphatic heterocycles. The van der Waals surface area contributed by atoms with Gasteiger partial charge in [-0.1, -0.05) is 30.3 Å². The molecule has 0 aliphatic rings. The molecule has 0 fully saturated rings. The molecule has 2 N–H and O–H groups in total. The summed E-state index contributed by atoms with van der Waals surface area (Å²) in [7, 11) is 4.94. The van der Waals surface area contributed by atoms with Gasteiger partial charge in [-0.25, -0.2) is 0 Å². The van der Waals surface area contributed by atoms with Crippen LogP contribution in [0.5, 0.6) is 0 Å². The lowest BCUT2D eigenvalue weighted by molar-refractivity contribution is 0.269. The molecule has 0 atom stereocenters. The van der Waals surface area contributed by atoms with E-state index in [1.54, 1.807) is 6.07 Å². The maximum Gasteiger partial charge on any atom is 0.272 e. The second-order valence-electron chi connectivity index (χ2n) is 3.47. The van der Waals surface area contributed by atoms with Gasteiger partial charge >= 0.3 is 0 Å². The van der Waals surface area contributed by atoms with Crippen LogP contribution in [0.15, 0.2) is 47.3 Å². The van der Waals surface area contributed by atoms with Crippen LogP contribution < -0.4 is 10.9 Å². The number of carbonyl (C=O) groups is 1. The van der Waals surface area contributed by atoms with E-state index in [4.69, 9.17) is 7.85 Å². The van der Waals surface area contributed by atoms with Gasteiger partial charge in [-0.15, -0.1) is 0 Å². The number of nitrogens with one attached hydrogen (secondary N) is 2. The first-order valence-electron chi connectivity index (χ1n) is 5.02. The van der Waals surface area contributed by atoms with E-state index in [9.17, 15) is 9.59 Å². The Hall–Kier alpha value is -2.30. The van der Waals surface area contributed by atoms with Crippen molar-refractivity contribution in [2.75, 3.05) is 5.32 Å². The summed E-state index contributed by atoms with van der Waals surface area (Å²) >= 11 is 0. The Bertz CT molecular complexity index is 593. The number of rotatable bonds is 2. The van der Waals surface area contributed by atoms with Crippen molar-refractivity contribution in [1.82, 2.24) is 4.98 Å². The highest BCUT2D eigenvalue weighted by molar-refractivity contribution is 6.60. The second kappa shape index (κ2) is 4.70. The van der Waals surface area contributed by atoms with Crippen LogP contribution in [0.1, 0.15) is 0 Å². The maximum absolute atomic E-state index is 11.6. The lowest BCUT2D eigenvalue weighted by Crippen LogP contribution is -2.18. The summed E-state index contributed by atoms with van der Waals surface area (Å²) < 4.78 is 0. The first-order chi connectivity index (χ1) is 8.16.